The van der Waals surface area contributed by atoms with E-state index in [9.17, 15) is 27.2 Å². The van der Waals surface area contributed by atoms with Gasteiger partial charge in [0.15, 0.2) is 17.1 Å². The lowest BCUT2D eigenvalue weighted by Crippen LogP contribution is -2.53. The molecule has 9 nitrogen and oxygen atoms in total. The van der Waals surface area contributed by atoms with Gasteiger partial charge in [-0.1, -0.05) is 0 Å². The average molecular weight is 568 g/mol. The van der Waals surface area contributed by atoms with Gasteiger partial charge >= 0.3 is 6.18 Å². The molecule has 0 radical (unpaired) electrons. The lowest BCUT2D eigenvalue weighted by Gasteiger charge is -2.44. The Morgan fingerprint density at radius 1 is 1.20 bits per heavy atom. The number of primary amides is 1. The molecule has 5 rings (SSSR count). The quantitative estimate of drug-likeness (QED) is 0.483. The van der Waals surface area contributed by atoms with E-state index < -0.39 is 35.0 Å². The van der Waals surface area contributed by atoms with Crippen LogP contribution in [0.2, 0.25) is 0 Å². The molecule has 2 aromatic rings. The first-order valence-corrected chi connectivity index (χ1v) is 13.5. The fraction of sp³-hybridized carbons (Fsp3) is 0.630. The highest BCUT2D eigenvalue weighted by molar-refractivity contribution is 5.94. The fourth-order valence-electron chi connectivity index (χ4n) is 6.91. The van der Waals surface area contributed by atoms with Gasteiger partial charge in [-0.2, -0.15) is 18.3 Å². The Labute approximate surface area is 228 Å². The number of amides is 2. The van der Waals surface area contributed by atoms with E-state index in [-0.39, 0.29) is 66.6 Å². The number of carbonyl (C=O) groups is 2. The summed E-state index contributed by atoms with van der Waals surface area (Å²) in [7, 11) is 1.40. The van der Waals surface area contributed by atoms with Crippen molar-refractivity contribution in [1.82, 2.24) is 20.1 Å². The Morgan fingerprint density at radius 2 is 1.93 bits per heavy atom. The Bertz CT molecular complexity index is 1280. The van der Waals surface area contributed by atoms with Gasteiger partial charge in [-0.05, 0) is 69.8 Å². The molecular weight excluding hydrogens is 534 g/mol. The van der Waals surface area contributed by atoms with Gasteiger partial charge in [0.1, 0.15) is 0 Å². The minimum atomic E-state index is -4.46. The third-order valence-corrected chi connectivity index (χ3v) is 9.06. The molecule has 1 spiro atoms. The number of alkyl halides is 3. The maximum Gasteiger partial charge on any atom is 0.417 e. The Morgan fingerprint density at radius 3 is 2.55 bits per heavy atom. The van der Waals surface area contributed by atoms with Crippen LogP contribution in [0.5, 0.6) is 5.88 Å². The Hall–Kier alpha value is -3.22. The van der Waals surface area contributed by atoms with Crippen molar-refractivity contribution < 1.29 is 36.6 Å². The van der Waals surface area contributed by atoms with Gasteiger partial charge in [-0.3, -0.25) is 14.7 Å². The molecule has 2 aromatic heterocycles. The summed E-state index contributed by atoms with van der Waals surface area (Å²) in [4.78, 5) is 31.4. The second kappa shape index (κ2) is 10.3. The SMILES string of the molecule is CCOC1(C(F)(F)F)CCC(C2CC23CC(C(N)=O)CCN3C(=O)c2cc(-c3cc(OC)ncc3F)[nH]n2)CC1. The third kappa shape index (κ3) is 4.82. The second-order valence-electron chi connectivity index (χ2n) is 11.1. The number of ether oxygens (including phenoxy) is 2. The number of hydrogen-bond donors (Lipinski definition) is 2. The van der Waals surface area contributed by atoms with Gasteiger partial charge in [0, 0.05) is 36.2 Å². The van der Waals surface area contributed by atoms with E-state index >= 15 is 0 Å². The zero-order chi connectivity index (χ0) is 28.9. The highest BCUT2D eigenvalue weighted by atomic mass is 19.4. The van der Waals surface area contributed by atoms with Crippen LogP contribution in [0.25, 0.3) is 11.3 Å². The van der Waals surface area contributed by atoms with Crippen LogP contribution in [0.4, 0.5) is 17.6 Å². The Balaban J connectivity index is 1.37. The minimum absolute atomic E-state index is 0.0259. The number of carbonyl (C=O) groups excluding carboxylic acids is 2. The summed E-state index contributed by atoms with van der Waals surface area (Å²) >= 11 is 0. The van der Waals surface area contributed by atoms with Gasteiger partial charge in [0.2, 0.25) is 11.8 Å². The summed E-state index contributed by atoms with van der Waals surface area (Å²) in [6.45, 7) is 1.80. The maximum absolute atomic E-state index is 14.5. The summed E-state index contributed by atoms with van der Waals surface area (Å²) in [5.41, 5.74) is 3.28. The number of aromatic nitrogens is 3. The summed E-state index contributed by atoms with van der Waals surface area (Å²) in [5.74, 6) is -1.80. The molecule has 3 atom stereocenters. The molecule has 3 N–H and O–H groups in total. The molecule has 1 aliphatic heterocycles. The van der Waals surface area contributed by atoms with Gasteiger partial charge in [-0.15, -0.1) is 0 Å². The van der Waals surface area contributed by atoms with Crippen LogP contribution >= 0.6 is 0 Å². The van der Waals surface area contributed by atoms with Gasteiger partial charge in [-0.25, -0.2) is 9.37 Å². The first-order chi connectivity index (χ1) is 18.9. The number of likely N-dealkylation sites (tertiary alicyclic amines) is 1. The van der Waals surface area contributed by atoms with Gasteiger partial charge in [0.25, 0.3) is 5.91 Å². The normalized spacial score (nSPS) is 30.4. The molecule has 3 fully saturated rings. The monoisotopic (exact) mass is 567 g/mol. The number of nitrogens with two attached hydrogens (primary N) is 1. The number of nitrogens with zero attached hydrogens (tertiary/aromatic N) is 3. The van der Waals surface area contributed by atoms with E-state index in [0.29, 0.717) is 32.1 Å². The predicted molar refractivity (Wildman–Crippen MR) is 134 cm³/mol. The number of H-pyrrole nitrogens is 1. The van der Waals surface area contributed by atoms with E-state index in [1.807, 2.05) is 0 Å². The number of hydrogen-bond acceptors (Lipinski definition) is 6. The van der Waals surface area contributed by atoms with Crippen LogP contribution in [0.1, 0.15) is 62.4 Å². The minimum Gasteiger partial charge on any atom is -0.481 e. The van der Waals surface area contributed by atoms with Crippen molar-refractivity contribution >= 4 is 11.8 Å². The van der Waals surface area contributed by atoms with Crippen LogP contribution in [-0.4, -0.2) is 69.5 Å². The number of methoxy groups -OCH3 is 1. The molecule has 40 heavy (non-hydrogen) atoms. The molecule has 2 amide bonds. The van der Waals surface area contributed by atoms with Crippen molar-refractivity contribution in [2.45, 2.75) is 69.2 Å². The van der Waals surface area contributed by atoms with Crippen LogP contribution in [0.15, 0.2) is 18.3 Å². The number of nitrogens with one attached hydrogen (secondary N) is 1. The predicted octanol–water partition coefficient (Wildman–Crippen LogP) is 4.24. The van der Waals surface area contributed by atoms with Crippen molar-refractivity contribution in [1.29, 1.82) is 0 Å². The van der Waals surface area contributed by atoms with Gasteiger partial charge in [0.05, 0.1) is 19.0 Å². The van der Waals surface area contributed by atoms with E-state index in [2.05, 4.69) is 15.2 Å². The molecule has 2 saturated carbocycles. The first-order valence-electron chi connectivity index (χ1n) is 13.5. The highest BCUT2D eigenvalue weighted by Crippen LogP contribution is 2.62. The largest absolute Gasteiger partial charge is 0.481 e. The molecule has 3 unspecified atom stereocenters. The van der Waals surface area contributed by atoms with Crippen LogP contribution in [0.3, 0.4) is 0 Å². The molecular formula is C27H33F4N5O4. The first kappa shape index (κ1) is 28.3. The van der Waals surface area contributed by atoms with Crippen molar-refractivity contribution in [3.05, 3.63) is 29.8 Å². The molecule has 3 heterocycles. The van der Waals surface area contributed by atoms with E-state index in [4.69, 9.17) is 15.2 Å². The zero-order valence-corrected chi connectivity index (χ0v) is 22.4. The van der Waals surface area contributed by atoms with Crippen molar-refractivity contribution in [2.24, 2.45) is 23.5 Å². The summed E-state index contributed by atoms with van der Waals surface area (Å²) in [6.07, 6.45) is -1.79. The van der Waals surface area contributed by atoms with Crippen LogP contribution in [-0.2, 0) is 9.53 Å². The lowest BCUT2D eigenvalue weighted by atomic mass is 9.74. The van der Waals surface area contributed by atoms with E-state index in [1.165, 1.54) is 19.2 Å². The van der Waals surface area contributed by atoms with Crippen molar-refractivity contribution in [3.63, 3.8) is 0 Å². The average Bonchev–Trinajstić information content (AvgIpc) is 3.39. The Kier molecular flexibility index (Phi) is 7.30. The van der Waals surface area contributed by atoms with Crippen LogP contribution in [0, 0.1) is 23.6 Å². The number of halogens is 4. The summed E-state index contributed by atoms with van der Waals surface area (Å²) < 4.78 is 66.4. The number of pyridine rings is 1. The number of piperidine rings is 1. The smallest absolute Gasteiger partial charge is 0.417 e. The number of aromatic amines is 1. The molecule has 3 aliphatic rings. The summed E-state index contributed by atoms with van der Waals surface area (Å²) in [5, 5.41) is 6.84. The lowest BCUT2D eigenvalue weighted by molar-refractivity contribution is -0.289. The molecule has 218 valence electrons. The zero-order valence-electron chi connectivity index (χ0n) is 22.4. The molecule has 0 bridgehead atoms. The van der Waals surface area contributed by atoms with Crippen molar-refractivity contribution in [3.8, 4) is 17.1 Å². The number of rotatable bonds is 7. The highest BCUT2D eigenvalue weighted by Gasteiger charge is 2.66. The molecule has 1 saturated heterocycles. The second-order valence-corrected chi connectivity index (χ2v) is 11.1. The van der Waals surface area contributed by atoms with E-state index in [1.54, 1.807) is 11.8 Å². The van der Waals surface area contributed by atoms with Crippen LogP contribution < -0.4 is 10.5 Å². The molecule has 2 aliphatic carbocycles. The topological polar surface area (TPSA) is 123 Å². The summed E-state index contributed by atoms with van der Waals surface area (Å²) in [6, 6.07) is 2.84. The fourth-order valence-corrected chi connectivity index (χ4v) is 6.91. The maximum atomic E-state index is 14.5. The standard InChI is InChI=1S/C27H33F4N5O4/c1-3-40-26(27(29,30)31)7-4-15(5-8-26)18-13-25(18)12-16(23(32)37)6-9-36(25)24(38)21-11-20(34-35-21)17-10-22(39-2)33-14-19(17)28/h10-11,14-16,18H,3-9,12-13H2,1-2H3,(H2,32,37)(H,34,35). The molecule has 0 aromatic carbocycles. The van der Waals surface area contributed by atoms with E-state index in [0.717, 1.165) is 6.20 Å². The molecule has 13 heteroatoms. The third-order valence-electron chi connectivity index (χ3n) is 9.06. The van der Waals surface area contributed by atoms with Crippen molar-refractivity contribution in [2.75, 3.05) is 20.3 Å². The van der Waals surface area contributed by atoms with Gasteiger partial charge < -0.3 is 20.1 Å².